The van der Waals surface area contributed by atoms with Crippen LogP contribution in [0, 0.1) is 0 Å². The van der Waals surface area contributed by atoms with Gasteiger partial charge < -0.3 is 29.4 Å². The summed E-state index contributed by atoms with van der Waals surface area (Å²) in [5.74, 6) is 3.02. The van der Waals surface area contributed by atoms with Crippen LogP contribution in [0.2, 0.25) is 0 Å². The Morgan fingerprint density at radius 1 is 1.04 bits per heavy atom. The first-order valence-electron chi connectivity index (χ1n) is 8.12. The summed E-state index contributed by atoms with van der Waals surface area (Å²) in [4.78, 5) is 0. The van der Waals surface area contributed by atoms with Crippen LogP contribution >= 0.6 is 0 Å². The van der Waals surface area contributed by atoms with E-state index in [1.807, 2.05) is 49.4 Å². The number of benzene rings is 2. The zero-order valence-corrected chi connectivity index (χ0v) is 14.7. The van der Waals surface area contributed by atoms with E-state index in [-0.39, 0.29) is 6.54 Å². The van der Waals surface area contributed by atoms with Crippen molar-refractivity contribution in [2.75, 3.05) is 27.4 Å². The van der Waals surface area contributed by atoms with E-state index >= 15 is 0 Å². The van der Waals surface area contributed by atoms with Crippen molar-refractivity contribution in [1.29, 1.82) is 0 Å². The molecule has 0 saturated heterocycles. The molecule has 1 aliphatic heterocycles. The largest absolute Gasteiger partial charge is 0.493 e. The number of fused-ring (bicyclic) bond motifs is 1. The molecule has 25 heavy (non-hydrogen) atoms. The summed E-state index contributed by atoms with van der Waals surface area (Å²) in [6.07, 6.45) is -0.406. The molecule has 0 fully saturated rings. The molecule has 0 aliphatic carbocycles. The summed E-state index contributed by atoms with van der Waals surface area (Å²) in [6.45, 7) is 2.43. The maximum Gasteiger partial charge on any atom is 0.203 e. The summed E-state index contributed by atoms with van der Waals surface area (Å²) in [5, 5.41) is 0. The maximum absolute atomic E-state index is 6.19. The molecule has 0 radical (unpaired) electrons. The van der Waals surface area contributed by atoms with Crippen molar-refractivity contribution in [3.05, 3.63) is 42.5 Å². The van der Waals surface area contributed by atoms with Crippen LogP contribution in [0.1, 0.15) is 6.92 Å². The molecule has 0 saturated carbocycles. The van der Waals surface area contributed by atoms with E-state index in [4.69, 9.17) is 29.4 Å². The molecule has 0 bridgehead atoms. The van der Waals surface area contributed by atoms with E-state index in [0.717, 1.165) is 0 Å². The minimum Gasteiger partial charge on any atom is -0.493 e. The predicted octanol–water partition coefficient (Wildman–Crippen LogP) is 2.64. The smallest absolute Gasteiger partial charge is 0.203 e. The van der Waals surface area contributed by atoms with Gasteiger partial charge in [-0.05, 0) is 31.2 Å². The molecule has 0 aromatic heterocycles. The minimum absolute atomic E-state index is 0.236. The molecule has 0 spiro atoms. The summed E-state index contributed by atoms with van der Waals surface area (Å²) >= 11 is 0. The third kappa shape index (κ3) is 3.17. The topological polar surface area (TPSA) is 72.2 Å². The molecule has 2 aromatic carbocycles. The van der Waals surface area contributed by atoms with Crippen molar-refractivity contribution in [2.45, 2.75) is 18.6 Å². The first kappa shape index (κ1) is 17.2. The average Bonchev–Trinajstić information content (AvgIpc) is 2.67. The minimum atomic E-state index is -0.819. The Hall–Kier alpha value is -2.60. The fourth-order valence-electron chi connectivity index (χ4n) is 2.79. The molecule has 2 aromatic rings. The predicted molar refractivity (Wildman–Crippen MR) is 94.0 cm³/mol. The number of rotatable bonds is 6. The van der Waals surface area contributed by atoms with E-state index in [1.54, 1.807) is 14.2 Å². The lowest BCUT2D eigenvalue weighted by Gasteiger charge is -2.41. The maximum atomic E-state index is 6.19. The molecular weight excluding hydrogens is 322 g/mol. The van der Waals surface area contributed by atoms with Crippen LogP contribution in [-0.4, -0.2) is 39.1 Å². The van der Waals surface area contributed by atoms with Gasteiger partial charge in [-0.1, -0.05) is 18.2 Å². The summed E-state index contributed by atoms with van der Waals surface area (Å²) in [5.41, 5.74) is 5.22. The van der Waals surface area contributed by atoms with E-state index in [2.05, 4.69) is 0 Å². The Kier molecular flexibility index (Phi) is 4.90. The molecule has 1 aliphatic rings. The second-order valence-corrected chi connectivity index (χ2v) is 5.86. The molecule has 2 N–H and O–H groups in total. The first-order chi connectivity index (χ1) is 12.1. The second kappa shape index (κ2) is 7.11. The van der Waals surface area contributed by atoms with Crippen LogP contribution in [-0.2, 0) is 0 Å². The Balaban J connectivity index is 1.89. The van der Waals surface area contributed by atoms with Gasteiger partial charge in [0.1, 0.15) is 12.7 Å². The first-order valence-corrected chi connectivity index (χ1v) is 8.12. The van der Waals surface area contributed by atoms with Crippen molar-refractivity contribution in [1.82, 2.24) is 0 Å². The number of hydrogen-bond donors (Lipinski definition) is 1. The Bertz CT molecular complexity index is 713. The van der Waals surface area contributed by atoms with Gasteiger partial charge in [-0.2, -0.15) is 0 Å². The third-order valence-corrected chi connectivity index (χ3v) is 4.40. The van der Waals surface area contributed by atoms with Gasteiger partial charge in [0, 0.05) is 6.54 Å². The summed E-state index contributed by atoms with van der Waals surface area (Å²) < 4.78 is 29.0. The van der Waals surface area contributed by atoms with Crippen LogP contribution in [0.3, 0.4) is 0 Å². The Morgan fingerprint density at radius 3 is 2.28 bits per heavy atom. The van der Waals surface area contributed by atoms with Crippen LogP contribution in [0.25, 0.3) is 0 Å². The zero-order chi connectivity index (χ0) is 17.9. The van der Waals surface area contributed by atoms with Crippen molar-refractivity contribution in [2.24, 2.45) is 5.73 Å². The molecule has 6 heteroatoms. The molecule has 2 atom stereocenters. The molecule has 0 amide bonds. The van der Waals surface area contributed by atoms with Gasteiger partial charge in [0.2, 0.25) is 5.75 Å². The lowest BCUT2D eigenvalue weighted by Crippen LogP contribution is -2.60. The molecular formula is C19H23NO5. The normalized spacial score (nSPS) is 19.8. The van der Waals surface area contributed by atoms with E-state index in [1.165, 1.54) is 0 Å². The van der Waals surface area contributed by atoms with Crippen LogP contribution in [0.4, 0.5) is 0 Å². The Morgan fingerprint density at radius 2 is 1.68 bits per heavy atom. The number of ether oxygens (including phenoxy) is 5. The molecule has 134 valence electrons. The van der Waals surface area contributed by atoms with E-state index in [9.17, 15) is 0 Å². The fourth-order valence-corrected chi connectivity index (χ4v) is 2.79. The number of hydrogen-bond acceptors (Lipinski definition) is 6. The van der Waals surface area contributed by atoms with Gasteiger partial charge in [0.25, 0.3) is 0 Å². The monoisotopic (exact) mass is 345 g/mol. The Labute approximate surface area is 147 Å². The van der Waals surface area contributed by atoms with Crippen molar-refractivity contribution >= 4 is 0 Å². The van der Waals surface area contributed by atoms with Gasteiger partial charge in [0.15, 0.2) is 28.6 Å². The molecule has 1 heterocycles. The van der Waals surface area contributed by atoms with Crippen molar-refractivity contribution in [3.8, 4) is 28.7 Å². The summed E-state index contributed by atoms with van der Waals surface area (Å²) in [7, 11) is 3.17. The van der Waals surface area contributed by atoms with Crippen LogP contribution in [0.15, 0.2) is 42.5 Å². The van der Waals surface area contributed by atoms with E-state index < -0.39 is 11.7 Å². The van der Waals surface area contributed by atoms with Gasteiger partial charge >= 0.3 is 0 Å². The van der Waals surface area contributed by atoms with E-state index in [0.29, 0.717) is 35.4 Å². The van der Waals surface area contributed by atoms with Crippen molar-refractivity contribution in [3.63, 3.8) is 0 Å². The third-order valence-electron chi connectivity index (χ3n) is 4.40. The molecule has 2 unspecified atom stereocenters. The standard InChI is InChI=1S/C19H23NO5/c1-13(24-18-16(21-2)9-6-10-17(18)22-3)19(11-20)12-23-14-7-4-5-8-15(14)25-19/h4-10,13H,11-12,20H2,1-3H3. The van der Waals surface area contributed by atoms with Crippen molar-refractivity contribution < 1.29 is 23.7 Å². The lowest BCUT2D eigenvalue weighted by atomic mass is 9.97. The number of para-hydroxylation sites is 3. The van der Waals surface area contributed by atoms with Crippen LogP contribution in [0.5, 0.6) is 28.7 Å². The number of nitrogens with two attached hydrogens (primary N) is 1. The van der Waals surface area contributed by atoms with Gasteiger partial charge in [-0.3, -0.25) is 0 Å². The average molecular weight is 345 g/mol. The van der Waals surface area contributed by atoms with Gasteiger partial charge in [-0.25, -0.2) is 0 Å². The highest BCUT2D eigenvalue weighted by Gasteiger charge is 2.44. The second-order valence-electron chi connectivity index (χ2n) is 5.86. The highest BCUT2D eigenvalue weighted by Crippen LogP contribution is 2.41. The lowest BCUT2D eigenvalue weighted by molar-refractivity contribution is -0.0732. The fraction of sp³-hybridized carbons (Fsp3) is 0.368. The summed E-state index contributed by atoms with van der Waals surface area (Å²) in [6, 6.07) is 13.0. The highest BCUT2D eigenvalue weighted by molar-refractivity contribution is 5.51. The SMILES string of the molecule is COc1cccc(OC)c1OC(C)C1(CN)COc2ccccc2O1. The van der Waals surface area contributed by atoms with Crippen LogP contribution < -0.4 is 29.4 Å². The van der Waals surface area contributed by atoms with Gasteiger partial charge in [0.05, 0.1) is 14.2 Å². The number of methoxy groups -OCH3 is 2. The van der Waals surface area contributed by atoms with Gasteiger partial charge in [-0.15, -0.1) is 0 Å². The highest BCUT2D eigenvalue weighted by atomic mass is 16.6. The molecule has 3 rings (SSSR count). The quantitative estimate of drug-likeness (QED) is 0.868. The molecule has 6 nitrogen and oxygen atoms in total. The zero-order valence-electron chi connectivity index (χ0n) is 14.7.